The molecule has 0 atom stereocenters. The van der Waals surface area contributed by atoms with Crippen molar-refractivity contribution in [2.45, 2.75) is 26.3 Å². The van der Waals surface area contributed by atoms with Gasteiger partial charge >= 0.3 is 0 Å². The van der Waals surface area contributed by atoms with Crippen LogP contribution in [0.2, 0.25) is 0 Å². The Morgan fingerprint density at radius 2 is 2.04 bits per heavy atom. The number of amides is 1. The number of carbonyl (C=O) groups is 1. The Labute approximate surface area is 136 Å². The van der Waals surface area contributed by atoms with Crippen LogP contribution in [0, 0.1) is 12.8 Å². The summed E-state index contributed by atoms with van der Waals surface area (Å²) in [4.78, 5) is 14.5. The Hall–Kier alpha value is -2.14. The molecule has 5 nitrogen and oxygen atoms in total. The third-order valence-corrected chi connectivity index (χ3v) is 4.50. The summed E-state index contributed by atoms with van der Waals surface area (Å²) in [6.07, 6.45) is 3.72. The summed E-state index contributed by atoms with van der Waals surface area (Å²) < 4.78 is 4.93. The van der Waals surface area contributed by atoms with Gasteiger partial charge in [0, 0.05) is 13.1 Å². The predicted octanol–water partition coefficient (Wildman–Crippen LogP) is 2.63. The molecule has 0 radical (unpaired) electrons. The molecule has 0 saturated carbocycles. The number of likely N-dealkylation sites (tertiary alicyclic amines) is 1. The van der Waals surface area contributed by atoms with E-state index in [1.165, 1.54) is 11.8 Å². The molecular weight excluding hydrogens is 290 g/mol. The van der Waals surface area contributed by atoms with Crippen LogP contribution in [0.1, 0.15) is 34.5 Å². The van der Waals surface area contributed by atoms with E-state index in [2.05, 4.69) is 45.7 Å². The normalized spacial score (nSPS) is 16.4. The van der Waals surface area contributed by atoms with Gasteiger partial charge in [-0.2, -0.15) is 0 Å². The Bertz CT molecular complexity index is 631. The number of piperidine rings is 1. The Kier molecular flexibility index (Phi) is 5.08. The molecule has 0 unspecified atom stereocenters. The maximum atomic E-state index is 12.1. The quantitative estimate of drug-likeness (QED) is 0.922. The molecular formula is C18H23N3O2. The molecule has 1 N–H and O–H groups in total. The van der Waals surface area contributed by atoms with Crippen molar-refractivity contribution in [2.24, 2.45) is 5.92 Å². The fraction of sp³-hybridized carbons (Fsp3) is 0.444. The number of aryl methyl sites for hydroxylation is 1. The molecule has 1 amide bonds. The summed E-state index contributed by atoms with van der Waals surface area (Å²) >= 11 is 0. The third-order valence-electron chi connectivity index (χ3n) is 4.50. The first-order valence-electron chi connectivity index (χ1n) is 8.18. The second-order valence-corrected chi connectivity index (χ2v) is 6.21. The lowest BCUT2D eigenvalue weighted by Gasteiger charge is -2.32. The highest BCUT2D eigenvalue weighted by Crippen LogP contribution is 2.18. The van der Waals surface area contributed by atoms with E-state index in [1.54, 1.807) is 6.92 Å². The molecule has 0 bridgehead atoms. The average Bonchev–Trinajstić information content (AvgIpc) is 3.01. The van der Waals surface area contributed by atoms with Crippen LogP contribution < -0.4 is 5.32 Å². The minimum absolute atomic E-state index is 0.0875. The molecule has 1 aliphatic heterocycles. The zero-order valence-corrected chi connectivity index (χ0v) is 13.5. The Balaban J connectivity index is 1.41. The first-order chi connectivity index (χ1) is 11.2. The molecule has 3 rings (SSSR count). The summed E-state index contributed by atoms with van der Waals surface area (Å²) in [7, 11) is 0. The van der Waals surface area contributed by atoms with Crippen molar-refractivity contribution in [3.8, 4) is 0 Å². The lowest BCUT2D eigenvalue weighted by molar-refractivity contribution is 0.0933. The number of benzene rings is 1. The zero-order chi connectivity index (χ0) is 16.1. The van der Waals surface area contributed by atoms with Crippen LogP contribution in [-0.2, 0) is 6.54 Å². The van der Waals surface area contributed by atoms with Crippen LogP contribution in [0.25, 0.3) is 0 Å². The number of aromatic nitrogens is 1. The topological polar surface area (TPSA) is 58.4 Å². The van der Waals surface area contributed by atoms with Gasteiger partial charge in [-0.15, -0.1) is 0 Å². The molecule has 23 heavy (non-hydrogen) atoms. The van der Waals surface area contributed by atoms with Crippen LogP contribution in [0.3, 0.4) is 0 Å². The molecule has 1 saturated heterocycles. The Morgan fingerprint density at radius 1 is 1.30 bits per heavy atom. The molecule has 122 valence electrons. The number of nitrogens with one attached hydrogen (secondary N) is 1. The van der Waals surface area contributed by atoms with Crippen molar-refractivity contribution in [2.75, 3.05) is 19.6 Å². The van der Waals surface area contributed by atoms with Gasteiger partial charge in [-0.3, -0.25) is 9.69 Å². The van der Waals surface area contributed by atoms with Crippen LogP contribution in [-0.4, -0.2) is 35.6 Å². The summed E-state index contributed by atoms with van der Waals surface area (Å²) in [5, 5.41) is 6.65. The highest BCUT2D eigenvalue weighted by molar-refractivity contribution is 5.94. The molecule has 5 heteroatoms. The van der Waals surface area contributed by atoms with E-state index in [0.29, 0.717) is 17.2 Å². The molecule has 1 aromatic carbocycles. The largest absolute Gasteiger partial charge is 0.361 e. The summed E-state index contributed by atoms with van der Waals surface area (Å²) in [6.45, 7) is 5.66. The maximum Gasteiger partial charge on any atom is 0.256 e. The summed E-state index contributed by atoms with van der Waals surface area (Å²) in [6, 6.07) is 10.6. The van der Waals surface area contributed by atoms with Crippen LogP contribution in [0.15, 0.2) is 41.1 Å². The van der Waals surface area contributed by atoms with Crippen LogP contribution in [0.4, 0.5) is 0 Å². The highest BCUT2D eigenvalue weighted by atomic mass is 16.5. The van der Waals surface area contributed by atoms with Gasteiger partial charge in [0.05, 0.1) is 6.20 Å². The fourth-order valence-electron chi connectivity index (χ4n) is 3.04. The second-order valence-electron chi connectivity index (χ2n) is 6.21. The minimum atomic E-state index is -0.0875. The molecule has 0 spiro atoms. The van der Waals surface area contributed by atoms with Gasteiger partial charge in [-0.05, 0) is 44.3 Å². The molecule has 2 aromatic rings. The average molecular weight is 313 g/mol. The van der Waals surface area contributed by atoms with Gasteiger partial charge in [0.1, 0.15) is 11.3 Å². The molecule has 0 aliphatic carbocycles. The van der Waals surface area contributed by atoms with Crippen LogP contribution in [0.5, 0.6) is 0 Å². The van der Waals surface area contributed by atoms with Gasteiger partial charge < -0.3 is 9.84 Å². The smallest absolute Gasteiger partial charge is 0.256 e. The first kappa shape index (κ1) is 15.7. The van der Waals surface area contributed by atoms with E-state index in [-0.39, 0.29) is 5.91 Å². The lowest BCUT2D eigenvalue weighted by Crippen LogP contribution is -2.38. The van der Waals surface area contributed by atoms with E-state index >= 15 is 0 Å². The van der Waals surface area contributed by atoms with Gasteiger partial charge in [0.2, 0.25) is 0 Å². The number of carbonyl (C=O) groups excluding carboxylic acids is 1. The van der Waals surface area contributed by atoms with E-state index < -0.39 is 0 Å². The summed E-state index contributed by atoms with van der Waals surface area (Å²) in [5.41, 5.74) is 1.90. The van der Waals surface area contributed by atoms with Crippen molar-refractivity contribution in [1.29, 1.82) is 0 Å². The maximum absolute atomic E-state index is 12.1. The van der Waals surface area contributed by atoms with Crippen molar-refractivity contribution in [1.82, 2.24) is 15.4 Å². The second kappa shape index (κ2) is 7.42. The van der Waals surface area contributed by atoms with Crippen molar-refractivity contribution >= 4 is 5.91 Å². The number of hydrogen-bond acceptors (Lipinski definition) is 4. The van der Waals surface area contributed by atoms with E-state index in [9.17, 15) is 4.79 Å². The number of nitrogens with zero attached hydrogens (tertiary/aromatic N) is 2. The minimum Gasteiger partial charge on any atom is -0.361 e. The van der Waals surface area contributed by atoms with Crippen molar-refractivity contribution in [3.63, 3.8) is 0 Å². The van der Waals surface area contributed by atoms with Gasteiger partial charge in [-0.1, -0.05) is 35.5 Å². The molecule has 2 heterocycles. The van der Waals surface area contributed by atoms with Gasteiger partial charge in [0.25, 0.3) is 5.91 Å². The van der Waals surface area contributed by atoms with Crippen molar-refractivity contribution < 1.29 is 9.32 Å². The van der Waals surface area contributed by atoms with Crippen LogP contribution >= 0.6 is 0 Å². The standard InChI is InChI=1S/C18H23N3O2/c1-14-17(12-20-23-14)18(22)19-11-15-7-9-21(10-8-15)13-16-5-3-2-4-6-16/h2-6,12,15H,7-11,13H2,1H3,(H,19,22). The van der Waals surface area contributed by atoms with E-state index in [0.717, 1.165) is 39.0 Å². The zero-order valence-electron chi connectivity index (χ0n) is 13.5. The monoisotopic (exact) mass is 313 g/mol. The third kappa shape index (κ3) is 4.20. The lowest BCUT2D eigenvalue weighted by atomic mass is 9.96. The molecule has 1 aliphatic rings. The van der Waals surface area contributed by atoms with E-state index in [1.807, 2.05) is 0 Å². The van der Waals surface area contributed by atoms with Gasteiger partial charge in [0.15, 0.2) is 0 Å². The molecule has 1 aromatic heterocycles. The number of rotatable bonds is 5. The van der Waals surface area contributed by atoms with Crippen molar-refractivity contribution in [3.05, 3.63) is 53.4 Å². The predicted molar refractivity (Wildman–Crippen MR) is 88.0 cm³/mol. The SMILES string of the molecule is Cc1oncc1C(=O)NCC1CCN(Cc2ccccc2)CC1. The Morgan fingerprint density at radius 3 is 2.70 bits per heavy atom. The van der Waals surface area contributed by atoms with E-state index in [4.69, 9.17) is 4.52 Å². The summed E-state index contributed by atoms with van der Waals surface area (Å²) in [5.74, 6) is 1.03. The number of hydrogen-bond donors (Lipinski definition) is 1. The fourth-order valence-corrected chi connectivity index (χ4v) is 3.04. The molecule has 1 fully saturated rings. The first-order valence-corrected chi connectivity index (χ1v) is 8.18. The van der Waals surface area contributed by atoms with Gasteiger partial charge in [-0.25, -0.2) is 0 Å². The highest BCUT2D eigenvalue weighted by Gasteiger charge is 2.20.